The maximum atomic E-state index is 14.3. The van der Waals surface area contributed by atoms with Crippen molar-refractivity contribution in [1.82, 2.24) is 14.5 Å². The number of carbonyl (C=O) groups excluding carboxylic acids is 1. The quantitative estimate of drug-likeness (QED) is 0.207. The van der Waals surface area contributed by atoms with Crippen molar-refractivity contribution in [2.75, 3.05) is 38.2 Å². The number of fused-ring (bicyclic) bond motifs is 1. The van der Waals surface area contributed by atoms with E-state index >= 15 is 0 Å². The fraction of sp³-hybridized carbons (Fsp3) is 0.417. The summed E-state index contributed by atoms with van der Waals surface area (Å²) in [5.41, 5.74) is 3.42. The second-order valence-corrected chi connectivity index (χ2v) is 13.0. The summed E-state index contributed by atoms with van der Waals surface area (Å²) in [7, 11) is 1.70. The number of halogens is 1. The molecule has 1 amide bonds. The van der Waals surface area contributed by atoms with Crippen LogP contribution < -0.4 is 15.2 Å². The Hall–Kier alpha value is -3.84. The Morgan fingerprint density at radius 1 is 1.02 bits per heavy atom. The van der Waals surface area contributed by atoms with Crippen molar-refractivity contribution < 1.29 is 9.53 Å². The second-order valence-electron chi connectivity index (χ2n) is 12.5. The Bertz CT molecular complexity index is 1740. The topological polar surface area (TPSA) is 67.7 Å². The molecule has 1 aromatic heterocycles. The number of methoxy groups -OCH3 is 1. The number of nitrogens with zero attached hydrogens (tertiary/aromatic N) is 4. The van der Waals surface area contributed by atoms with Gasteiger partial charge in [0.25, 0.3) is 5.56 Å². The van der Waals surface area contributed by atoms with E-state index in [0.717, 1.165) is 69.6 Å². The van der Waals surface area contributed by atoms with Gasteiger partial charge in [-0.2, -0.15) is 0 Å². The number of rotatable bonds is 9. The van der Waals surface area contributed by atoms with E-state index in [1.165, 1.54) is 5.69 Å². The lowest BCUT2D eigenvalue weighted by atomic mass is 9.86. The van der Waals surface area contributed by atoms with Crippen LogP contribution in [-0.4, -0.2) is 53.6 Å². The van der Waals surface area contributed by atoms with E-state index in [0.29, 0.717) is 33.9 Å². The zero-order valence-corrected chi connectivity index (χ0v) is 26.6. The van der Waals surface area contributed by atoms with Crippen LogP contribution in [0.2, 0.25) is 5.02 Å². The first-order valence-corrected chi connectivity index (χ1v) is 16.1. The number of para-hydroxylation sites is 1. The van der Waals surface area contributed by atoms with Crippen molar-refractivity contribution in [3.63, 3.8) is 0 Å². The summed E-state index contributed by atoms with van der Waals surface area (Å²) in [6.07, 6.45) is 5.14. The summed E-state index contributed by atoms with van der Waals surface area (Å²) in [5, 5.41) is 1.11. The molecule has 2 unspecified atom stereocenters. The Morgan fingerprint density at radius 2 is 1.80 bits per heavy atom. The standard InChI is InChI=1S/C36H41ClN4O3/c1-4-5-10-26(34(42)40-19-17-36(24-40)16-18-39(23-36)28-12-8-14-30(22-28)44-3)20-32-38-33-25(2)9-6-15-31(33)35(43)41(32)29-13-7-11-27(37)21-29/h6-9,11-15,21-22,26H,4-5,10,16-20,23-24H2,1-3H3. The predicted octanol–water partition coefficient (Wildman–Crippen LogP) is 6.83. The predicted molar refractivity (Wildman–Crippen MR) is 177 cm³/mol. The van der Waals surface area contributed by atoms with Crippen LogP contribution in [0.15, 0.2) is 71.5 Å². The number of amides is 1. The molecule has 0 aliphatic carbocycles. The van der Waals surface area contributed by atoms with Crippen LogP contribution in [0.25, 0.3) is 16.6 Å². The molecule has 0 radical (unpaired) electrons. The van der Waals surface area contributed by atoms with Gasteiger partial charge < -0.3 is 14.5 Å². The van der Waals surface area contributed by atoms with Gasteiger partial charge in [-0.3, -0.25) is 14.2 Å². The first kappa shape index (κ1) is 30.2. The molecule has 4 aromatic rings. The summed E-state index contributed by atoms with van der Waals surface area (Å²) in [6, 6.07) is 21.2. The Balaban J connectivity index is 1.28. The maximum absolute atomic E-state index is 14.3. The van der Waals surface area contributed by atoms with E-state index < -0.39 is 0 Å². The molecular formula is C36H41ClN4O3. The van der Waals surface area contributed by atoms with Crippen molar-refractivity contribution in [1.29, 1.82) is 0 Å². The molecule has 0 N–H and O–H groups in total. The van der Waals surface area contributed by atoms with E-state index in [1.54, 1.807) is 23.8 Å². The van der Waals surface area contributed by atoms with E-state index in [2.05, 4.69) is 28.9 Å². The molecular weight excluding hydrogens is 572 g/mol. The minimum absolute atomic E-state index is 0.0925. The highest BCUT2D eigenvalue weighted by molar-refractivity contribution is 6.30. The van der Waals surface area contributed by atoms with Gasteiger partial charge in [-0.15, -0.1) is 0 Å². The average Bonchev–Trinajstić information content (AvgIpc) is 3.66. The van der Waals surface area contributed by atoms with Crippen LogP contribution in [0.4, 0.5) is 5.69 Å². The minimum atomic E-state index is -0.264. The van der Waals surface area contributed by atoms with Gasteiger partial charge in [0, 0.05) is 60.7 Å². The molecule has 44 heavy (non-hydrogen) atoms. The highest BCUT2D eigenvalue weighted by Gasteiger charge is 2.45. The lowest BCUT2D eigenvalue weighted by Crippen LogP contribution is -2.39. The van der Waals surface area contributed by atoms with E-state index in [9.17, 15) is 9.59 Å². The Labute approximate surface area is 264 Å². The van der Waals surface area contributed by atoms with Crippen molar-refractivity contribution in [3.8, 4) is 11.4 Å². The Morgan fingerprint density at radius 3 is 2.59 bits per heavy atom. The maximum Gasteiger partial charge on any atom is 0.265 e. The molecule has 8 heteroatoms. The first-order chi connectivity index (χ1) is 21.3. The third-order valence-electron chi connectivity index (χ3n) is 9.53. The summed E-state index contributed by atoms with van der Waals surface area (Å²) in [6.45, 7) is 7.56. The highest BCUT2D eigenvalue weighted by Crippen LogP contribution is 2.42. The average molecular weight is 613 g/mol. The van der Waals surface area contributed by atoms with Crippen LogP contribution in [0.5, 0.6) is 5.75 Å². The molecule has 2 fully saturated rings. The van der Waals surface area contributed by atoms with Gasteiger partial charge in [-0.25, -0.2) is 4.98 Å². The number of benzene rings is 3. The number of hydrogen-bond donors (Lipinski definition) is 0. The molecule has 3 heterocycles. The van der Waals surface area contributed by atoms with Crippen molar-refractivity contribution >= 4 is 34.1 Å². The SMILES string of the molecule is CCCCC(Cc1nc2c(C)cccc2c(=O)n1-c1cccc(Cl)c1)C(=O)N1CCC2(CCN(c3cccc(OC)c3)C2)C1. The van der Waals surface area contributed by atoms with Gasteiger partial charge in [-0.05, 0) is 68.1 Å². The van der Waals surface area contributed by atoms with Crippen molar-refractivity contribution in [2.45, 2.75) is 52.4 Å². The molecule has 0 saturated carbocycles. The summed E-state index contributed by atoms with van der Waals surface area (Å²) < 4.78 is 7.12. The second kappa shape index (κ2) is 12.6. The summed E-state index contributed by atoms with van der Waals surface area (Å²) in [5.74, 6) is 1.37. The van der Waals surface area contributed by atoms with E-state index in [4.69, 9.17) is 21.3 Å². The first-order valence-electron chi connectivity index (χ1n) is 15.8. The summed E-state index contributed by atoms with van der Waals surface area (Å²) >= 11 is 6.37. The number of unbranched alkanes of at least 4 members (excludes halogenated alkanes) is 1. The van der Waals surface area contributed by atoms with Crippen LogP contribution in [0.3, 0.4) is 0 Å². The normalized spacial score (nSPS) is 18.8. The van der Waals surface area contributed by atoms with Gasteiger partial charge in [0.1, 0.15) is 11.6 Å². The smallest absolute Gasteiger partial charge is 0.265 e. The number of anilines is 1. The number of aryl methyl sites for hydroxylation is 1. The van der Waals surface area contributed by atoms with Crippen LogP contribution in [0, 0.1) is 18.3 Å². The highest BCUT2D eigenvalue weighted by atomic mass is 35.5. The molecule has 0 bridgehead atoms. The number of ether oxygens (including phenoxy) is 1. The molecule has 2 saturated heterocycles. The molecule has 3 aromatic carbocycles. The molecule has 6 rings (SSSR count). The molecule has 2 aliphatic rings. The van der Waals surface area contributed by atoms with Crippen LogP contribution >= 0.6 is 11.6 Å². The molecule has 1 spiro atoms. The molecule has 230 valence electrons. The lowest BCUT2D eigenvalue weighted by Gasteiger charge is -2.28. The largest absolute Gasteiger partial charge is 0.497 e. The number of likely N-dealkylation sites (tertiary alicyclic amines) is 1. The van der Waals surface area contributed by atoms with Gasteiger partial charge in [-0.1, -0.05) is 55.6 Å². The minimum Gasteiger partial charge on any atom is -0.497 e. The van der Waals surface area contributed by atoms with E-state index in [-0.39, 0.29) is 22.8 Å². The van der Waals surface area contributed by atoms with Gasteiger partial charge in [0.2, 0.25) is 5.91 Å². The molecule has 2 aliphatic heterocycles. The zero-order valence-electron chi connectivity index (χ0n) is 25.9. The number of hydrogen-bond acceptors (Lipinski definition) is 5. The third kappa shape index (κ3) is 5.94. The monoisotopic (exact) mass is 612 g/mol. The van der Waals surface area contributed by atoms with E-state index in [1.807, 2.05) is 49.4 Å². The fourth-order valence-corrected chi connectivity index (χ4v) is 7.26. The van der Waals surface area contributed by atoms with Crippen LogP contribution in [-0.2, 0) is 11.2 Å². The fourth-order valence-electron chi connectivity index (χ4n) is 7.08. The molecule has 2 atom stereocenters. The number of aromatic nitrogens is 2. The lowest BCUT2D eigenvalue weighted by molar-refractivity contribution is -0.135. The number of carbonyl (C=O) groups is 1. The van der Waals surface area contributed by atoms with Crippen molar-refractivity contribution in [3.05, 3.63) is 93.5 Å². The summed E-state index contributed by atoms with van der Waals surface area (Å²) in [4.78, 5) is 37.8. The third-order valence-corrected chi connectivity index (χ3v) is 9.76. The van der Waals surface area contributed by atoms with Crippen LogP contribution in [0.1, 0.15) is 50.4 Å². The van der Waals surface area contributed by atoms with Gasteiger partial charge >= 0.3 is 0 Å². The van der Waals surface area contributed by atoms with Gasteiger partial charge in [0.05, 0.1) is 23.7 Å². The van der Waals surface area contributed by atoms with Crippen molar-refractivity contribution in [2.24, 2.45) is 11.3 Å². The Kier molecular flexibility index (Phi) is 8.68. The molecule has 7 nitrogen and oxygen atoms in total. The van der Waals surface area contributed by atoms with Gasteiger partial charge in [0.15, 0.2) is 0 Å². The zero-order chi connectivity index (χ0) is 30.8.